The van der Waals surface area contributed by atoms with Gasteiger partial charge < -0.3 is 20.1 Å². The molecule has 4 rings (SSSR count). The van der Waals surface area contributed by atoms with Crippen LogP contribution in [0.25, 0.3) is 10.3 Å². The van der Waals surface area contributed by atoms with Gasteiger partial charge in [0, 0.05) is 31.4 Å². The number of aromatic amines is 1. The van der Waals surface area contributed by atoms with Gasteiger partial charge in [-0.25, -0.2) is 9.97 Å². The van der Waals surface area contributed by atoms with Gasteiger partial charge in [0.05, 0.1) is 34.3 Å². The van der Waals surface area contributed by atoms with Gasteiger partial charge in [-0.3, -0.25) is 4.90 Å². The number of aromatic nitrogens is 3. The first-order valence-electron chi connectivity index (χ1n) is 8.45. The monoisotopic (exact) mass is 393 g/mol. The molecule has 1 fully saturated rings. The molecule has 0 radical (unpaired) electrons. The molecule has 7 nitrogen and oxygen atoms in total. The smallest absolute Gasteiger partial charge is 0.166 e. The molecule has 0 saturated carbocycles. The number of pyridine rings is 1. The summed E-state index contributed by atoms with van der Waals surface area (Å²) < 4.78 is 6.52. The van der Waals surface area contributed by atoms with Crippen LogP contribution in [-0.2, 0) is 11.3 Å². The van der Waals surface area contributed by atoms with Gasteiger partial charge in [-0.15, -0.1) is 11.3 Å². The third-order valence-electron chi connectivity index (χ3n) is 4.40. The zero-order valence-corrected chi connectivity index (χ0v) is 15.9. The fraction of sp³-hybridized carbons (Fsp3) is 0.412. The Hall–Kier alpha value is -1.71. The molecule has 0 aromatic carbocycles. The predicted molar refractivity (Wildman–Crippen MR) is 103 cm³/mol. The number of morpholine rings is 1. The second kappa shape index (κ2) is 7.50. The number of nitrogens with zero attached hydrogens (tertiary/aromatic N) is 3. The molecule has 1 aliphatic heterocycles. The van der Waals surface area contributed by atoms with Crippen LogP contribution in [-0.4, -0.2) is 51.3 Å². The number of nitrogens with one attached hydrogen (secondary N) is 2. The zero-order chi connectivity index (χ0) is 18.1. The molecule has 0 bridgehead atoms. The van der Waals surface area contributed by atoms with Crippen LogP contribution in [0.4, 0.5) is 5.69 Å². The number of aliphatic hydroxyl groups is 1. The van der Waals surface area contributed by atoms with Crippen LogP contribution < -0.4 is 5.32 Å². The fourth-order valence-corrected chi connectivity index (χ4v) is 4.23. The quantitative estimate of drug-likeness (QED) is 0.456. The van der Waals surface area contributed by atoms with E-state index >= 15 is 0 Å². The molecule has 1 aliphatic rings. The lowest BCUT2D eigenvalue weighted by Gasteiger charge is -2.27. The van der Waals surface area contributed by atoms with Gasteiger partial charge in [-0.05, 0) is 19.1 Å². The van der Waals surface area contributed by atoms with Crippen molar-refractivity contribution in [1.82, 2.24) is 19.9 Å². The number of anilines is 1. The van der Waals surface area contributed by atoms with E-state index in [9.17, 15) is 5.11 Å². The van der Waals surface area contributed by atoms with Crippen molar-refractivity contribution in [3.63, 3.8) is 0 Å². The molecule has 0 amide bonds. The molecule has 3 N–H and O–H groups in total. The Bertz CT molecular complexity index is 906. The van der Waals surface area contributed by atoms with Crippen molar-refractivity contribution < 1.29 is 9.84 Å². The van der Waals surface area contributed by atoms with Crippen LogP contribution >= 0.6 is 22.9 Å². The predicted octanol–water partition coefficient (Wildman–Crippen LogP) is 2.92. The van der Waals surface area contributed by atoms with E-state index in [2.05, 4.69) is 25.2 Å². The molecule has 26 heavy (non-hydrogen) atoms. The number of hydrogen-bond acceptors (Lipinski definition) is 7. The third-order valence-corrected chi connectivity index (χ3v) is 5.73. The first-order chi connectivity index (χ1) is 12.6. The van der Waals surface area contributed by atoms with Gasteiger partial charge in [-0.1, -0.05) is 11.6 Å². The summed E-state index contributed by atoms with van der Waals surface area (Å²) in [5.41, 5.74) is 3.17. The maximum absolute atomic E-state index is 10.8. The van der Waals surface area contributed by atoms with E-state index in [1.165, 1.54) is 0 Å². The number of thiazole rings is 1. The van der Waals surface area contributed by atoms with Crippen molar-refractivity contribution in [3.05, 3.63) is 39.7 Å². The summed E-state index contributed by atoms with van der Waals surface area (Å²) in [6.45, 7) is 5.94. The topological polar surface area (TPSA) is 86.3 Å². The fourth-order valence-electron chi connectivity index (χ4n) is 3.13. The molecule has 1 atom stereocenters. The minimum atomic E-state index is -0.936. The van der Waals surface area contributed by atoms with E-state index in [1.807, 2.05) is 6.92 Å². The van der Waals surface area contributed by atoms with Crippen LogP contribution in [0.3, 0.4) is 0 Å². The normalized spacial score (nSPS) is 16.9. The van der Waals surface area contributed by atoms with Crippen LogP contribution in [0.1, 0.15) is 22.5 Å². The number of rotatable bonds is 5. The summed E-state index contributed by atoms with van der Waals surface area (Å²) in [6.07, 6.45) is 0.676. The maximum Gasteiger partial charge on any atom is 0.166 e. The molecule has 3 aromatic rings. The third kappa shape index (κ3) is 3.56. The van der Waals surface area contributed by atoms with E-state index < -0.39 is 6.23 Å². The summed E-state index contributed by atoms with van der Waals surface area (Å²) in [5.74, 6) is 0. The number of ether oxygens (including phenoxy) is 1. The van der Waals surface area contributed by atoms with Gasteiger partial charge in [0.25, 0.3) is 0 Å². The molecule has 138 valence electrons. The molecule has 0 spiro atoms. The minimum absolute atomic E-state index is 0.323. The molecule has 1 saturated heterocycles. The number of H-pyrrole nitrogens is 1. The van der Waals surface area contributed by atoms with Gasteiger partial charge in [0.15, 0.2) is 11.4 Å². The average Bonchev–Trinajstić information content (AvgIpc) is 3.15. The van der Waals surface area contributed by atoms with Crippen LogP contribution in [0, 0.1) is 6.92 Å². The first-order valence-corrected chi connectivity index (χ1v) is 9.64. The molecule has 3 aromatic heterocycles. The maximum atomic E-state index is 10.8. The van der Waals surface area contributed by atoms with Gasteiger partial charge in [0.2, 0.25) is 0 Å². The van der Waals surface area contributed by atoms with Crippen LogP contribution in [0.2, 0.25) is 5.15 Å². The number of halogens is 1. The lowest BCUT2D eigenvalue weighted by atomic mass is 10.2. The van der Waals surface area contributed by atoms with Crippen molar-refractivity contribution in [2.75, 3.05) is 31.6 Å². The number of aryl methyl sites for hydroxylation is 1. The standard InChI is InChI=1S/C17H20ClN5O2S/c1-10-20-16-14(26-10)11(9-23-5-7-25-8-6-23)13(22-16)17(24)21-12-3-2-4-19-15(12)18/h2-4,17,21-22,24H,5-9H2,1H3. The number of fused-ring (bicyclic) bond motifs is 1. The summed E-state index contributed by atoms with van der Waals surface area (Å²) in [4.78, 5) is 14.2. The van der Waals surface area contributed by atoms with Gasteiger partial charge >= 0.3 is 0 Å². The first kappa shape index (κ1) is 17.7. The molecular weight excluding hydrogens is 374 g/mol. The van der Waals surface area contributed by atoms with E-state index in [-0.39, 0.29) is 0 Å². The molecule has 1 unspecified atom stereocenters. The highest BCUT2D eigenvalue weighted by atomic mass is 35.5. The summed E-state index contributed by atoms with van der Waals surface area (Å²) in [6, 6.07) is 3.56. The highest BCUT2D eigenvalue weighted by molar-refractivity contribution is 7.18. The highest BCUT2D eigenvalue weighted by Gasteiger charge is 2.23. The van der Waals surface area contributed by atoms with Crippen LogP contribution in [0.15, 0.2) is 18.3 Å². The number of hydrogen-bond donors (Lipinski definition) is 3. The largest absolute Gasteiger partial charge is 0.379 e. The van der Waals surface area contributed by atoms with Crippen molar-refractivity contribution in [2.45, 2.75) is 19.7 Å². The lowest BCUT2D eigenvalue weighted by Crippen LogP contribution is -2.36. The Kier molecular flexibility index (Phi) is 5.10. The lowest BCUT2D eigenvalue weighted by molar-refractivity contribution is 0.0340. The summed E-state index contributed by atoms with van der Waals surface area (Å²) >= 11 is 7.74. The van der Waals surface area contributed by atoms with Crippen molar-refractivity contribution >= 4 is 39.0 Å². The molecule has 9 heteroatoms. The minimum Gasteiger partial charge on any atom is -0.379 e. The van der Waals surface area contributed by atoms with E-state index in [4.69, 9.17) is 16.3 Å². The highest BCUT2D eigenvalue weighted by Crippen LogP contribution is 2.33. The Morgan fingerprint density at radius 3 is 3.04 bits per heavy atom. The SMILES string of the molecule is Cc1nc2[nH]c(C(O)Nc3cccnc3Cl)c(CN3CCOCC3)c2s1. The number of aliphatic hydroxyl groups excluding tert-OH is 1. The molecular formula is C17H20ClN5O2S. The Labute approximate surface area is 160 Å². The Morgan fingerprint density at radius 2 is 2.27 bits per heavy atom. The molecule has 4 heterocycles. The second-order valence-corrected chi connectivity index (χ2v) is 7.77. The van der Waals surface area contributed by atoms with E-state index in [1.54, 1.807) is 29.7 Å². The summed E-state index contributed by atoms with van der Waals surface area (Å²) in [7, 11) is 0. The Balaban J connectivity index is 1.65. The zero-order valence-electron chi connectivity index (χ0n) is 14.3. The van der Waals surface area contributed by atoms with Gasteiger partial charge in [0.1, 0.15) is 5.65 Å². The van der Waals surface area contributed by atoms with Crippen molar-refractivity contribution in [3.8, 4) is 0 Å². The van der Waals surface area contributed by atoms with Crippen molar-refractivity contribution in [1.29, 1.82) is 0 Å². The van der Waals surface area contributed by atoms with E-state index in [0.29, 0.717) is 16.5 Å². The second-order valence-electron chi connectivity index (χ2n) is 6.21. The average molecular weight is 394 g/mol. The molecule has 0 aliphatic carbocycles. The Morgan fingerprint density at radius 1 is 1.46 bits per heavy atom. The van der Waals surface area contributed by atoms with Gasteiger partial charge in [-0.2, -0.15) is 0 Å². The summed E-state index contributed by atoms with van der Waals surface area (Å²) in [5, 5.41) is 15.2. The van der Waals surface area contributed by atoms with Crippen molar-refractivity contribution in [2.24, 2.45) is 0 Å². The van der Waals surface area contributed by atoms with Crippen LogP contribution in [0.5, 0.6) is 0 Å². The van der Waals surface area contributed by atoms with E-state index in [0.717, 1.165) is 53.8 Å².